The number of carbonyl (C=O) groups excluding carboxylic acids is 2. The minimum absolute atomic E-state index is 0.0822. The molecule has 0 aliphatic carbocycles. The van der Waals surface area contributed by atoms with Crippen molar-refractivity contribution in [2.24, 2.45) is 5.10 Å². The molecule has 1 aliphatic rings. The van der Waals surface area contributed by atoms with Crippen molar-refractivity contribution in [1.29, 1.82) is 0 Å². The molecule has 2 amide bonds. The van der Waals surface area contributed by atoms with E-state index >= 15 is 0 Å². The fourth-order valence-corrected chi connectivity index (χ4v) is 5.08. The predicted octanol–water partition coefficient (Wildman–Crippen LogP) is 4.46. The lowest BCUT2D eigenvalue weighted by atomic mass is 9.95. The van der Waals surface area contributed by atoms with Gasteiger partial charge in [-0.2, -0.15) is 5.10 Å². The molecule has 3 aromatic carbocycles. The van der Waals surface area contributed by atoms with Crippen molar-refractivity contribution in [2.45, 2.75) is 32.7 Å². The first kappa shape index (κ1) is 33.7. The van der Waals surface area contributed by atoms with E-state index in [1.807, 2.05) is 30.3 Å². The van der Waals surface area contributed by atoms with Crippen molar-refractivity contribution in [3.05, 3.63) is 103 Å². The zero-order valence-electron chi connectivity index (χ0n) is 25.1. The number of hydrazone groups is 1. The summed E-state index contributed by atoms with van der Waals surface area (Å²) in [5, 5.41) is 31.4. The number of carbonyl (C=O) groups is 2. The second-order valence-electron chi connectivity index (χ2n) is 9.80. The number of aliphatic hydroxyl groups is 1. The average Bonchev–Trinajstić information content (AvgIpc) is 3.03. The van der Waals surface area contributed by atoms with E-state index in [-0.39, 0.29) is 30.2 Å². The van der Waals surface area contributed by atoms with E-state index in [2.05, 4.69) is 37.1 Å². The van der Waals surface area contributed by atoms with Crippen molar-refractivity contribution in [3.8, 4) is 17.2 Å². The second-order valence-corrected chi connectivity index (χ2v) is 10.7. The highest BCUT2D eigenvalue weighted by Gasteiger charge is 2.32. The minimum atomic E-state index is -1.27. The minimum Gasteiger partial charge on any atom is -0.490 e. The van der Waals surface area contributed by atoms with Crippen molar-refractivity contribution in [1.82, 2.24) is 16.1 Å². The Hall–Kier alpha value is -5.15. The molecular formula is C31H32BrN5O9. The molecular weight excluding hydrogens is 666 g/mol. The Labute approximate surface area is 272 Å². The Kier molecular flexibility index (Phi) is 11.5. The van der Waals surface area contributed by atoms with Gasteiger partial charge in [0.25, 0.3) is 0 Å². The lowest BCUT2D eigenvalue weighted by molar-refractivity contribution is -0.386. The van der Waals surface area contributed by atoms with Gasteiger partial charge in [0.1, 0.15) is 13.2 Å². The van der Waals surface area contributed by atoms with Gasteiger partial charge in [0.15, 0.2) is 17.7 Å². The number of methoxy groups -OCH3 is 1. The molecule has 0 saturated heterocycles. The summed E-state index contributed by atoms with van der Waals surface area (Å²) in [6.45, 7) is 3.58. The number of rotatable bonds is 14. The quantitative estimate of drug-likeness (QED) is 0.0617. The second kappa shape index (κ2) is 15.7. The van der Waals surface area contributed by atoms with E-state index in [1.54, 1.807) is 38.1 Å². The van der Waals surface area contributed by atoms with E-state index in [0.29, 0.717) is 39.4 Å². The van der Waals surface area contributed by atoms with E-state index in [4.69, 9.17) is 18.9 Å². The van der Waals surface area contributed by atoms with Crippen LogP contribution in [0.2, 0.25) is 0 Å². The highest BCUT2D eigenvalue weighted by molar-refractivity contribution is 9.10. The molecule has 46 heavy (non-hydrogen) atoms. The zero-order chi connectivity index (χ0) is 33.2. The van der Waals surface area contributed by atoms with Crippen LogP contribution in [0.25, 0.3) is 0 Å². The number of hydrogen-bond acceptors (Lipinski definition) is 11. The van der Waals surface area contributed by atoms with Crippen LogP contribution in [0.3, 0.4) is 0 Å². The maximum absolute atomic E-state index is 12.4. The van der Waals surface area contributed by atoms with Crippen molar-refractivity contribution >= 4 is 39.8 Å². The molecule has 3 aromatic rings. The fraction of sp³-hybridized carbons (Fsp3) is 0.258. The Morgan fingerprint density at radius 3 is 2.61 bits per heavy atom. The third-order valence-corrected chi connectivity index (χ3v) is 7.17. The fourth-order valence-electron chi connectivity index (χ4n) is 4.50. The van der Waals surface area contributed by atoms with Gasteiger partial charge in [0, 0.05) is 17.3 Å². The van der Waals surface area contributed by atoms with Crippen LogP contribution < -0.4 is 30.3 Å². The highest BCUT2D eigenvalue weighted by atomic mass is 79.9. The summed E-state index contributed by atoms with van der Waals surface area (Å²) >= 11 is 3.34. The number of nitrogens with one attached hydrogen (secondary N) is 3. The van der Waals surface area contributed by atoms with Gasteiger partial charge in [-0.05, 0) is 59.1 Å². The van der Waals surface area contributed by atoms with Gasteiger partial charge in [0.05, 0.1) is 40.9 Å². The first-order valence-corrected chi connectivity index (χ1v) is 14.8. The molecule has 2 atom stereocenters. The number of aliphatic hydroxyl groups excluding tert-OH is 1. The lowest BCUT2D eigenvalue weighted by Crippen LogP contribution is -2.45. The molecule has 0 bridgehead atoms. The van der Waals surface area contributed by atoms with Gasteiger partial charge >= 0.3 is 17.7 Å². The van der Waals surface area contributed by atoms with Gasteiger partial charge in [-0.3, -0.25) is 15.5 Å². The average molecular weight is 699 g/mol. The molecule has 0 aromatic heterocycles. The van der Waals surface area contributed by atoms with Gasteiger partial charge in [-0.25, -0.2) is 9.59 Å². The summed E-state index contributed by atoms with van der Waals surface area (Å²) in [7, 11) is 1.25. The number of hydrogen-bond donors (Lipinski definition) is 4. The van der Waals surface area contributed by atoms with Crippen LogP contribution in [0.15, 0.2) is 81.5 Å². The summed E-state index contributed by atoms with van der Waals surface area (Å²) in [5.74, 6) is 0.0924. The third-order valence-electron chi connectivity index (χ3n) is 6.58. The van der Waals surface area contributed by atoms with Crippen LogP contribution in [-0.4, -0.2) is 54.8 Å². The standard InChI is InChI=1S/C31H32BrN5O9/c1-4-44-25-14-21(28-27(30(39)43-3)18(2)34-31(40)35-28)10-11-24(25)45-17-26(38)36-33-15-20-12-22(32)29(23(13-20)37(41)42)46-16-19-8-6-5-7-9-19/h5-15,26,28,36,38H,4,16-17H2,1-3H3,(H2,34,35,40)/b33-15+/t26-,28-/m0/s1. The van der Waals surface area contributed by atoms with Crippen LogP contribution in [-0.2, 0) is 16.1 Å². The highest BCUT2D eigenvalue weighted by Crippen LogP contribution is 2.37. The Bertz CT molecular complexity index is 1650. The Morgan fingerprint density at radius 2 is 1.91 bits per heavy atom. The molecule has 0 fully saturated rings. The van der Waals surface area contributed by atoms with Crippen molar-refractivity contribution in [2.75, 3.05) is 20.3 Å². The van der Waals surface area contributed by atoms with Crippen LogP contribution in [0.1, 0.15) is 36.6 Å². The third kappa shape index (κ3) is 8.51. The maximum Gasteiger partial charge on any atom is 0.337 e. The van der Waals surface area contributed by atoms with Crippen molar-refractivity contribution in [3.63, 3.8) is 0 Å². The molecule has 14 nitrogen and oxygen atoms in total. The monoisotopic (exact) mass is 697 g/mol. The number of nitro groups is 1. The molecule has 1 heterocycles. The number of nitrogens with zero attached hydrogens (tertiary/aromatic N) is 2. The number of allylic oxidation sites excluding steroid dienone is 1. The normalized spacial score (nSPS) is 15.1. The molecule has 1 aliphatic heterocycles. The number of ether oxygens (including phenoxy) is 4. The molecule has 4 rings (SSSR count). The van der Waals surface area contributed by atoms with Crippen LogP contribution >= 0.6 is 15.9 Å². The van der Waals surface area contributed by atoms with E-state index in [9.17, 15) is 24.8 Å². The molecule has 0 radical (unpaired) electrons. The Morgan fingerprint density at radius 1 is 1.15 bits per heavy atom. The molecule has 0 saturated carbocycles. The largest absolute Gasteiger partial charge is 0.490 e. The predicted molar refractivity (Wildman–Crippen MR) is 171 cm³/mol. The van der Waals surface area contributed by atoms with Gasteiger partial charge < -0.3 is 34.7 Å². The number of amides is 2. The maximum atomic E-state index is 12.4. The first-order chi connectivity index (χ1) is 22.1. The summed E-state index contributed by atoms with van der Waals surface area (Å²) < 4.78 is 22.5. The lowest BCUT2D eigenvalue weighted by Gasteiger charge is -2.28. The number of esters is 1. The number of benzene rings is 3. The Balaban J connectivity index is 1.41. The number of nitro benzene ring substituents is 1. The summed E-state index contributed by atoms with van der Waals surface area (Å²) in [6, 6.07) is 15.8. The molecule has 242 valence electrons. The van der Waals surface area contributed by atoms with Gasteiger partial charge in [0.2, 0.25) is 5.75 Å². The smallest absolute Gasteiger partial charge is 0.337 e. The molecule has 15 heteroatoms. The zero-order valence-corrected chi connectivity index (χ0v) is 26.7. The van der Waals surface area contributed by atoms with Gasteiger partial charge in [-0.15, -0.1) is 0 Å². The topological polar surface area (TPSA) is 183 Å². The summed E-state index contributed by atoms with van der Waals surface area (Å²) in [5.41, 5.74) is 4.64. The van der Waals surface area contributed by atoms with Gasteiger partial charge in [-0.1, -0.05) is 36.4 Å². The number of urea groups is 1. The number of halogens is 1. The van der Waals surface area contributed by atoms with E-state index in [0.717, 1.165) is 5.56 Å². The molecule has 0 spiro atoms. The van der Waals surface area contributed by atoms with Crippen LogP contribution in [0.4, 0.5) is 10.5 Å². The SMILES string of the molecule is CCOc1cc([C@@H]2NC(=O)NC(C)=C2C(=O)OC)ccc1OC[C@H](O)N/N=C/c1cc(Br)c(OCc2ccccc2)c([N+](=O)[O-])c1. The summed E-state index contributed by atoms with van der Waals surface area (Å²) in [4.78, 5) is 35.8. The first-order valence-electron chi connectivity index (χ1n) is 14.0. The van der Waals surface area contributed by atoms with Crippen molar-refractivity contribution < 1.29 is 38.6 Å². The van der Waals surface area contributed by atoms with E-state index in [1.165, 1.54) is 19.4 Å². The van der Waals surface area contributed by atoms with E-state index < -0.39 is 29.2 Å². The van der Waals surface area contributed by atoms with Crippen LogP contribution in [0, 0.1) is 10.1 Å². The summed E-state index contributed by atoms with van der Waals surface area (Å²) in [6.07, 6.45) is 0.0434. The van der Waals surface area contributed by atoms with Crippen LogP contribution in [0.5, 0.6) is 17.2 Å². The molecule has 0 unspecified atom stereocenters. The molecule has 4 N–H and O–H groups in total.